The van der Waals surface area contributed by atoms with E-state index in [0.29, 0.717) is 40.5 Å². The van der Waals surface area contributed by atoms with Gasteiger partial charge >= 0.3 is 0 Å². The first-order valence-corrected chi connectivity index (χ1v) is 10.8. The quantitative estimate of drug-likeness (QED) is 0.407. The number of ether oxygens (including phenoxy) is 1. The van der Waals surface area contributed by atoms with Gasteiger partial charge in [-0.15, -0.1) is 0 Å². The summed E-state index contributed by atoms with van der Waals surface area (Å²) in [6.07, 6.45) is 5.03. The molecule has 1 aromatic carbocycles. The Hall–Kier alpha value is -4.59. The van der Waals surface area contributed by atoms with Crippen molar-refractivity contribution in [2.75, 3.05) is 5.32 Å². The third-order valence-electron chi connectivity index (χ3n) is 5.43. The lowest BCUT2D eigenvalue weighted by Gasteiger charge is -2.13. The first-order valence-electron chi connectivity index (χ1n) is 10.8. The van der Waals surface area contributed by atoms with E-state index in [1.165, 1.54) is 0 Å². The van der Waals surface area contributed by atoms with Crippen molar-refractivity contribution in [3.8, 4) is 17.0 Å². The first-order chi connectivity index (χ1) is 16.6. The van der Waals surface area contributed by atoms with Crippen molar-refractivity contribution in [1.82, 2.24) is 24.7 Å². The van der Waals surface area contributed by atoms with Gasteiger partial charge in [-0.05, 0) is 42.8 Å². The predicted molar refractivity (Wildman–Crippen MR) is 129 cm³/mol. The number of amides is 1. The minimum absolute atomic E-state index is 0.312. The second kappa shape index (κ2) is 9.11. The number of hydrogen-bond acceptors (Lipinski definition) is 6. The molecule has 0 aliphatic heterocycles. The monoisotopic (exact) mass is 450 g/mol. The maximum absolute atomic E-state index is 13.5. The van der Waals surface area contributed by atoms with Crippen LogP contribution in [0, 0.1) is 6.92 Å². The zero-order valence-corrected chi connectivity index (χ0v) is 18.8. The minimum Gasteiger partial charge on any atom is -0.485 e. The number of hydrogen-bond donors (Lipinski definition) is 1. The molecule has 5 aromatic rings. The lowest BCUT2D eigenvalue weighted by atomic mass is 10.0. The van der Waals surface area contributed by atoms with E-state index in [9.17, 15) is 4.79 Å². The second-order valence-corrected chi connectivity index (χ2v) is 7.78. The molecule has 1 amide bonds. The van der Waals surface area contributed by atoms with Crippen molar-refractivity contribution in [3.05, 3.63) is 96.1 Å². The summed E-state index contributed by atoms with van der Waals surface area (Å²) in [5, 5.41) is 8.11. The number of fused-ring (bicyclic) bond motifs is 1. The molecule has 0 radical (unpaired) electrons. The van der Waals surface area contributed by atoms with Gasteiger partial charge in [0.2, 0.25) is 0 Å². The fraction of sp³-hybridized carbons (Fsp3) is 0.115. The number of carbonyl (C=O) groups is 1. The average molecular weight is 451 g/mol. The van der Waals surface area contributed by atoms with E-state index in [0.717, 1.165) is 16.8 Å². The number of rotatable bonds is 6. The van der Waals surface area contributed by atoms with Crippen molar-refractivity contribution in [2.45, 2.75) is 13.5 Å². The predicted octanol–water partition coefficient (Wildman–Crippen LogP) is 4.57. The molecule has 0 saturated carbocycles. The van der Waals surface area contributed by atoms with E-state index in [-0.39, 0.29) is 5.91 Å². The summed E-state index contributed by atoms with van der Waals surface area (Å²) in [4.78, 5) is 26.6. The number of nitrogens with zero attached hydrogens (tertiary/aromatic N) is 5. The van der Waals surface area contributed by atoms with Crippen molar-refractivity contribution in [1.29, 1.82) is 0 Å². The molecule has 4 heterocycles. The summed E-state index contributed by atoms with van der Waals surface area (Å²) >= 11 is 0. The molecule has 0 bridgehead atoms. The fourth-order valence-corrected chi connectivity index (χ4v) is 3.80. The van der Waals surface area contributed by atoms with Crippen LogP contribution in [0.2, 0.25) is 0 Å². The summed E-state index contributed by atoms with van der Waals surface area (Å²) < 4.78 is 7.63. The number of nitrogens with one attached hydrogen (secondary N) is 1. The van der Waals surface area contributed by atoms with Crippen LogP contribution in [-0.4, -0.2) is 30.6 Å². The van der Waals surface area contributed by atoms with E-state index in [2.05, 4.69) is 20.4 Å². The molecule has 0 atom stereocenters. The fourth-order valence-electron chi connectivity index (χ4n) is 3.80. The molecular formula is C26H22N6O2. The zero-order valence-electron chi connectivity index (χ0n) is 18.8. The van der Waals surface area contributed by atoms with Crippen LogP contribution in [0.3, 0.4) is 0 Å². The topological polar surface area (TPSA) is 94.8 Å². The molecular weight excluding hydrogens is 428 g/mol. The second-order valence-electron chi connectivity index (χ2n) is 7.78. The highest BCUT2D eigenvalue weighted by atomic mass is 16.5. The summed E-state index contributed by atoms with van der Waals surface area (Å²) in [5.74, 6) is 0.506. The van der Waals surface area contributed by atoms with Gasteiger partial charge in [0.1, 0.15) is 6.61 Å². The molecule has 4 aromatic heterocycles. The van der Waals surface area contributed by atoms with Crippen LogP contribution in [-0.2, 0) is 13.7 Å². The lowest BCUT2D eigenvalue weighted by Crippen LogP contribution is -2.15. The van der Waals surface area contributed by atoms with Crippen LogP contribution >= 0.6 is 0 Å². The number of pyridine rings is 3. The number of benzene rings is 1. The molecule has 0 aliphatic carbocycles. The lowest BCUT2D eigenvalue weighted by molar-refractivity contribution is 0.102. The van der Waals surface area contributed by atoms with Crippen molar-refractivity contribution in [3.63, 3.8) is 0 Å². The molecule has 0 aliphatic rings. The Morgan fingerprint density at radius 1 is 1.03 bits per heavy atom. The molecule has 8 heteroatoms. The van der Waals surface area contributed by atoms with Crippen LogP contribution in [0.4, 0.5) is 5.82 Å². The van der Waals surface area contributed by atoms with Crippen molar-refractivity contribution >= 4 is 22.8 Å². The van der Waals surface area contributed by atoms with E-state index in [1.807, 2.05) is 56.4 Å². The van der Waals surface area contributed by atoms with Gasteiger partial charge in [-0.1, -0.05) is 30.3 Å². The molecule has 0 saturated heterocycles. The summed E-state index contributed by atoms with van der Waals surface area (Å²) in [6, 6.07) is 18.8. The van der Waals surface area contributed by atoms with E-state index >= 15 is 0 Å². The highest BCUT2D eigenvalue weighted by Gasteiger charge is 2.20. The molecule has 0 spiro atoms. The number of aryl methyl sites for hydroxylation is 2. The Morgan fingerprint density at radius 2 is 1.82 bits per heavy atom. The molecule has 34 heavy (non-hydrogen) atoms. The third-order valence-corrected chi connectivity index (χ3v) is 5.43. The SMILES string of the molecule is Cc1nn(C)c2nc(-c3ccccc3)cc(C(=O)Nc3ncccc3OCc3ccncc3)c12. The van der Waals surface area contributed by atoms with Gasteiger partial charge < -0.3 is 10.1 Å². The van der Waals surface area contributed by atoms with Crippen molar-refractivity contribution < 1.29 is 9.53 Å². The highest BCUT2D eigenvalue weighted by molar-refractivity contribution is 6.13. The van der Waals surface area contributed by atoms with Gasteiger partial charge in [0.15, 0.2) is 17.2 Å². The molecule has 8 nitrogen and oxygen atoms in total. The minimum atomic E-state index is -0.312. The molecule has 0 fully saturated rings. The van der Waals surface area contributed by atoms with Crippen LogP contribution in [0.5, 0.6) is 5.75 Å². The zero-order chi connectivity index (χ0) is 23.5. The van der Waals surface area contributed by atoms with Crippen molar-refractivity contribution in [2.24, 2.45) is 7.05 Å². The summed E-state index contributed by atoms with van der Waals surface area (Å²) in [7, 11) is 1.82. The standard InChI is InChI=1S/C26H22N6O2/c1-17-23-20(15-21(19-7-4-3-5-8-19)29-25(23)32(2)31-17)26(33)30-24-22(9-6-12-28-24)34-16-18-10-13-27-14-11-18/h3-15H,16H2,1-2H3,(H,28,30,33). The molecule has 5 rings (SSSR count). The van der Waals surface area contributed by atoms with Gasteiger partial charge in [-0.2, -0.15) is 5.10 Å². The molecule has 0 unspecified atom stereocenters. The Morgan fingerprint density at radius 3 is 2.62 bits per heavy atom. The maximum Gasteiger partial charge on any atom is 0.257 e. The van der Waals surface area contributed by atoms with Gasteiger partial charge in [0.05, 0.1) is 22.3 Å². The highest BCUT2D eigenvalue weighted by Crippen LogP contribution is 2.29. The number of anilines is 1. The number of carbonyl (C=O) groups excluding carboxylic acids is 1. The summed E-state index contributed by atoms with van der Waals surface area (Å²) in [6.45, 7) is 2.20. The molecule has 1 N–H and O–H groups in total. The van der Waals surface area contributed by atoms with Gasteiger partial charge in [-0.3, -0.25) is 14.5 Å². The van der Waals surface area contributed by atoms with Gasteiger partial charge in [0, 0.05) is 31.2 Å². The van der Waals surface area contributed by atoms with Crippen LogP contribution in [0.15, 0.2) is 79.3 Å². The first kappa shape index (κ1) is 21.3. The van der Waals surface area contributed by atoms with Gasteiger partial charge in [0.25, 0.3) is 5.91 Å². The van der Waals surface area contributed by atoms with E-state index in [4.69, 9.17) is 9.72 Å². The normalized spacial score (nSPS) is 10.9. The number of aromatic nitrogens is 5. The van der Waals surface area contributed by atoms with Gasteiger partial charge in [-0.25, -0.2) is 9.97 Å². The van der Waals surface area contributed by atoms with E-state index < -0.39 is 0 Å². The third kappa shape index (κ3) is 4.21. The van der Waals surface area contributed by atoms with Crippen LogP contribution in [0.1, 0.15) is 21.6 Å². The average Bonchev–Trinajstić information content (AvgIpc) is 3.17. The van der Waals surface area contributed by atoms with Crippen LogP contribution in [0.25, 0.3) is 22.3 Å². The Labute approximate surface area is 196 Å². The maximum atomic E-state index is 13.5. The Kier molecular flexibility index (Phi) is 5.70. The summed E-state index contributed by atoms with van der Waals surface area (Å²) in [5.41, 5.74) is 4.41. The Balaban J connectivity index is 1.50. The largest absolute Gasteiger partial charge is 0.485 e. The Bertz CT molecular complexity index is 1470. The smallest absolute Gasteiger partial charge is 0.257 e. The molecule has 168 valence electrons. The van der Waals surface area contributed by atoms with E-state index in [1.54, 1.807) is 41.5 Å². The van der Waals surface area contributed by atoms with Crippen LogP contribution < -0.4 is 10.1 Å².